The van der Waals surface area contributed by atoms with E-state index in [1.807, 2.05) is 24.3 Å². The van der Waals surface area contributed by atoms with Gasteiger partial charge in [0, 0.05) is 12.0 Å². The fraction of sp³-hybridized carbons (Fsp3) is 0.300. The third-order valence-corrected chi connectivity index (χ3v) is 3.05. The largest absolute Gasteiger partial charge is 0.532 e. The molecule has 1 atom stereocenters. The van der Waals surface area contributed by atoms with Gasteiger partial charge in [-0.05, 0) is 5.56 Å². The summed E-state index contributed by atoms with van der Waals surface area (Å²) >= 11 is 5.98. The predicted octanol–water partition coefficient (Wildman–Crippen LogP) is 2.39. The number of carboxylic acid groups (broad SMARTS) is 1. The van der Waals surface area contributed by atoms with Gasteiger partial charge in [0.1, 0.15) is 13.1 Å². The first kappa shape index (κ1) is 9.49. The van der Waals surface area contributed by atoms with Crippen molar-refractivity contribution in [2.45, 2.75) is 13.0 Å². The van der Waals surface area contributed by atoms with Gasteiger partial charge in [0.05, 0.1) is 0 Å². The Morgan fingerprint density at radius 2 is 2.00 bits per heavy atom. The van der Waals surface area contributed by atoms with Crippen LogP contribution in [0.2, 0.25) is 0 Å². The quantitative estimate of drug-likeness (QED) is 0.671. The Bertz CT molecular complexity index is 380. The Hall–Kier alpha value is -1.06. The summed E-state index contributed by atoms with van der Waals surface area (Å²) in [6, 6.07) is 7.84. The summed E-state index contributed by atoms with van der Waals surface area (Å²) in [7, 11) is 0. The lowest BCUT2D eigenvalue weighted by Crippen LogP contribution is -2.46. The first-order valence-electron chi connectivity index (χ1n) is 4.49. The minimum absolute atomic E-state index is 0.368. The molecule has 1 heterocycles. The van der Waals surface area contributed by atoms with Crippen molar-refractivity contribution in [2.24, 2.45) is 0 Å². The highest BCUT2D eigenvalue weighted by Crippen LogP contribution is 2.27. The molecule has 2 rings (SSSR count). The van der Waals surface area contributed by atoms with Gasteiger partial charge in [0.2, 0.25) is 0 Å². The van der Waals surface area contributed by atoms with Gasteiger partial charge >= 0.3 is 6.09 Å². The molecule has 1 aromatic rings. The third kappa shape index (κ3) is 1.49. The third-order valence-electron chi connectivity index (χ3n) is 2.62. The van der Waals surface area contributed by atoms with Crippen LogP contribution in [0, 0.1) is 0 Å². The molecule has 1 aliphatic rings. The fourth-order valence-corrected chi connectivity index (χ4v) is 1.98. The summed E-state index contributed by atoms with van der Waals surface area (Å²) in [5, 5.41) is 8.96. The van der Waals surface area contributed by atoms with Gasteiger partial charge < -0.3 is 5.11 Å². The Balaban J connectivity index is 2.34. The summed E-state index contributed by atoms with van der Waals surface area (Å²) in [6.07, 6.45) is -0.243. The fourth-order valence-electron chi connectivity index (χ4n) is 1.77. The van der Waals surface area contributed by atoms with E-state index in [-0.39, 0.29) is 0 Å². The van der Waals surface area contributed by atoms with Gasteiger partial charge in [-0.2, -0.15) is 4.79 Å². The Morgan fingerprint density at radius 1 is 1.36 bits per heavy atom. The number of rotatable bonds is 0. The van der Waals surface area contributed by atoms with E-state index in [9.17, 15) is 4.79 Å². The highest BCUT2D eigenvalue weighted by Gasteiger charge is 2.39. The van der Waals surface area contributed by atoms with E-state index >= 15 is 0 Å². The lowest BCUT2D eigenvalue weighted by molar-refractivity contribution is -0.756. The van der Waals surface area contributed by atoms with Gasteiger partial charge in [-0.1, -0.05) is 24.3 Å². The molecule has 1 N–H and O–H groups in total. The maximum atomic E-state index is 10.9. The second-order valence-electron chi connectivity index (χ2n) is 3.55. The lowest BCUT2D eigenvalue weighted by Gasteiger charge is -2.28. The molecule has 0 spiro atoms. The van der Waals surface area contributed by atoms with Crippen LogP contribution < -0.4 is 0 Å². The highest BCUT2D eigenvalue weighted by molar-refractivity contribution is 6.11. The second kappa shape index (κ2) is 3.26. The molecule has 1 aliphatic heterocycles. The van der Waals surface area contributed by atoms with Crippen LogP contribution in [-0.4, -0.2) is 21.7 Å². The van der Waals surface area contributed by atoms with Crippen molar-refractivity contribution >= 4 is 17.9 Å². The number of amides is 1. The van der Waals surface area contributed by atoms with Crippen LogP contribution >= 0.6 is 11.8 Å². The normalized spacial score (nSPS) is 25.5. The first-order valence-corrected chi connectivity index (χ1v) is 4.83. The van der Waals surface area contributed by atoms with E-state index in [1.165, 1.54) is 5.56 Å². The van der Waals surface area contributed by atoms with Gasteiger partial charge in [-0.25, -0.2) is 0 Å². The average molecular weight is 213 g/mol. The molecule has 0 radical (unpaired) electrons. The number of carbonyl (C=O) groups is 1. The number of halogens is 1. The van der Waals surface area contributed by atoms with Crippen molar-refractivity contribution in [3.8, 4) is 0 Å². The topological polar surface area (TPSA) is 37.3 Å². The highest BCUT2D eigenvalue weighted by atomic mass is 35.5. The first-order chi connectivity index (χ1) is 6.62. The molecule has 3 nitrogen and oxygen atoms in total. The van der Waals surface area contributed by atoms with E-state index < -0.39 is 10.1 Å². The molecule has 0 saturated heterocycles. The zero-order chi connectivity index (χ0) is 10.2. The lowest BCUT2D eigenvalue weighted by atomic mass is 10.0. The summed E-state index contributed by atoms with van der Waals surface area (Å²) in [5.74, 6) is 0. The molecular formula is C10H11ClNO2+. The number of quaternary nitrogens is 1. The Labute approximate surface area is 87.2 Å². The molecule has 0 fully saturated rings. The predicted molar refractivity (Wildman–Crippen MR) is 52.9 cm³/mol. The molecule has 14 heavy (non-hydrogen) atoms. The summed E-state index contributed by atoms with van der Waals surface area (Å²) < 4.78 is -0.420. The number of benzene rings is 1. The van der Waals surface area contributed by atoms with E-state index in [0.717, 1.165) is 12.0 Å². The standard InChI is InChI=1S/C10H10ClNO2/c11-12(10(13)14)6-5-8-3-1-2-4-9(8)7-12/h1-4H,5-7H2/p+1. The van der Waals surface area contributed by atoms with Crippen LogP contribution in [0.15, 0.2) is 24.3 Å². The van der Waals surface area contributed by atoms with Gasteiger partial charge in [-0.15, -0.1) is 4.00 Å². The van der Waals surface area contributed by atoms with Crippen molar-refractivity contribution in [1.29, 1.82) is 0 Å². The summed E-state index contributed by atoms with van der Waals surface area (Å²) in [6.45, 7) is 0.820. The maximum Gasteiger partial charge on any atom is 0.532 e. The molecule has 4 heteroatoms. The summed E-state index contributed by atoms with van der Waals surface area (Å²) in [5.41, 5.74) is 2.25. The van der Waals surface area contributed by atoms with Crippen molar-refractivity contribution in [1.82, 2.24) is 0 Å². The van der Waals surface area contributed by atoms with Crippen molar-refractivity contribution in [3.63, 3.8) is 0 Å². The molecule has 0 saturated carbocycles. The zero-order valence-electron chi connectivity index (χ0n) is 7.61. The minimum Gasteiger partial charge on any atom is -0.434 e. The number of hydrogen-bond acceptors (Lipinski definition) is 1. The molecule has 74 valence electrons. The van der Waals surface area contributed by atoms with E-state index in [2.05, 4.69) is 0 Å². The van der Waals surface area contributed by atoms with E-state index in [1.54, 1.807) is 0 Å². The number of hydrogen-bond donors (Lipinski definition) is 1. The molecule has 0 bridgehead atoms. The Morgan fingerprint density at radius 3 is 2.64 bits per heavy atom. The summed E-state index contributed by atoms with van der Waals surface area (Å²) in [4.78, 5) is 10.9. The average Bonchev–Trinajstić information content (AvgIpc) is 2.17. The van der Waals surface area contributed by atoms with Gasteiger partial charge in [-0.3, -0.25) is 0 Å². The molecule has 1 aromatic carbocycles. The van der Waals surface area contributed by atoms with E-state index in [4.69, 9.17) is 16.9 Å². The van der Waals surface area contributed by atoms with Crippen LogP contribution in [0.4, 0.5) is 4.79 Å². The van der Waals surface area contributed by atoms with Crippen molar-refractivity contribution < 1.29 is 13.9 Å². The SMILES string of the molecule is O=C(O)[N+]1(Cl)CCc2ccccc2C1. The molecule has 0 aliphatic carbocycles. The maximum absolute atomic E-state index is 10.9. The van der Waals surface area contributed by atoms with E-state index in [0.29, 0.717) is 13.1 Å². The monoisotopic (exact) mass is 212 g/mol. The van der Waals surface area contributed by atoms with Crippen LogP contribution in [0.5, 0.6) is 0 Å². The molecular weight excluding hydrogens is 202 g/mol. The zero-order valence-corrected chi connectivity index (χ0v) is 8.37. The van der Waals surface area contributed by atoms with Crippen LogP contribution in [0.3, 0.4) is 0 Å². The van der Waals surface area contributed by atoms with Crippen molar-refractivity contribution in [3.05, 3.63) is 35.4 Å². The van der Waals surface area contributed by atoms with Crippen LogP contribution in [-0.2, 0) is 13.0 Å². The molecule has 1 amide bonds. The number of nitrogens with zero attached hydrogens (tertiary/aromatic N) is 1. The minimum atomic E-state index is -0.971. The Kier molecular flexibility index (Phi) is 2.21. The van der Waals surface area contributed by atoms with Gasteiger partial charge in [0.15, 0.2) is 11.8 Å². The van der Waals surface area contributed by atoms with Crippen LogP contribution in [0.25, 0.3) is 0 Å². The van der Waals surface area contributed by atoms with Crippen molar-refractivity contribution in [2.75, 3.05) is 6.54 Å². The second-order valence-corrected chi connectivity index (χ2v) is 4.19. The molecule has 1 unspecified atom stereocenters. The van der Waals surface area contributed by atoms with Crippen LogP contribution in [0.1, 0.15) is 11.1 Å². The van der Waals surface area contributed by atoms with Gasteiger partial charge in [0.25, 0.3) is 0 Å². The molecule has 0 aromatic heterocycles. The number of fused-ring (bicyclic) bond motifs is 1. The smallest absolute Gasteiger partial charge is 0.434 e.